The standard InChI is InChI=1S/C19H17N4OS.C5H5.Fe/c1-12-6-8-14(9-7-12)18-11-16(22-24-18)17-10-15(13-4-2-3-5-13)21-23(17)19(20)25;1-2-4-5-3-1;/h2-9,11,17H,10H2,1H3,(H2,20,25);1-5H;/q2*-1;+2. The number of hydrazone groups is 1. The molecule has 0 radical (unpaired) electrons. The van der Waals surface area contributed by atoms with E-state index >= 15 is 0 Å². The summed E-state index contributed by atoms with van der Waals surface area (Å²) < 4.78 is 5.55. The zero-order valence-electron chi connectivity index (χ0n) is 17.0. The molecule has 1 atom stereocenters. The quantitative estimate of drug-likeness (QED) is 0.254. The van der Waals surface area contributed by atoms with Crippen molar-refractivity contribution in [3.05, 3.63) is 102 Å². The molecule has 1 aliphatic rings. The first-order valence-corrected chi connectivity index (χ1v) is 10.1. The van der Waals surface area contributed by atoms with Crippen LogP contribution < -0.4 is 5.73 Å². The molecule has 31 heavy (non-hydrogen) atoms. The third-order valence-electron chi connectivity index (χ3n) is 4.89. The second-order valence-corrected chi connectivity index (χ2v) is 7.49. The molecule has 0 fully saturated rings. The number of hydrogen-bond acceptors (Lipinski definition) is 4. The summed E-state index contributed by atoms with van der Waals surface area (Å²) in [6.07, 6.45) is 0.682. The Morgan fingerprint density at radius 1 is 1.16 bits per heavy atom. The summed E-state index contributed by atoms with van der Waals surface area (Å²) in [5, 5.41) is 10.7. The summed E-state index contributed by atoms with van der Waals surface area (Å²) in [7, 11) is 0. The number of aromatic nitrogens is 1. The molecule has 0 amide bonds. The van der Waals surface area contributed by atoms with Gasteiger partial charge in [0, 0.05) is 23.8 Å². The molecule has 2 N–H and O–H groups in total. The monoisotopic (exact) mass is 470 g/mol. The molecule has 1 aromatic heterocycles. The summed E-state index contributed by atoms with van der Waals surface area (Å²) in [6, 6.07) is 27.9. The molecule has 3 aromatic carbocycles. The molecule has 2 heterocycles. The smallest absolute Gasteiger partial charge is 0.375 e. The molecule has 0 spiro atoms. The zero-order valence-corrected chi connectivity index (χ0v) is 18.9. The van der Waals surface area contributed by atoms with Gasteiger partial charge >= 0.3 is 17.1 Å². The van der Waals surface area contributed by atoms with Crippen LogP contribution in [0.4, 0.5) is 0 Å². The summed E-state index contributed by atoms with van der Waals surface area (Å²) in [5.41, 5.74) is 10.8. The Morgan fingerprint density at radius 3 is 2.42 bits per heavy atom. The van der Waals surface area contributed by atoms with E-state index in [-0.39, 0.29) is 28.2 Å². The van der Waals surface area contributed by atoms with Gasteiger partial charge in [0.15, 0.2) is 10.9 Å². The Kier molecular flexibility index (Phi) is 7.58. The van der Waals surface area contributed by atoms with E-state index < -0.39 is 0 Å². The van der Waals surface area contributed by atoms with Crippen LogP contribution in [0.5, 0.6) is 0 Å². The minimum atomic E-state index is -0.148. The van der Waals surface area contributed by atoms with Crippen LogP contribution in [0.25, 0.3) is 11.3 Å². The normalized spacial score (nSPS) is 14.9. The Morgan fingerprint density at radius 2 is 1.84 bits per heavy atom. The van der Waals surface area contributed by atoms with E-state index in [1.165, 1.54) is 5.56 Å². The molecular weight excluding hydrogens is 448 g/mol. The first kappa shape index (κ1) is 22.7. The molecule has 0 aliphatic carbocycles. The van der Waals surface area contributed by atoms with Crippen LogP contribution in [0.3, 0.4) is 0 Å². The Hall–Kier alpha value is -2.99. The van der Waals surface area contributed by atoms with Crippen molar-refractivity contribution in [3.8, 4) is 11.3 Å². The van der Waals surface area contributed by atoms with Crippen LogP contribution in [0.15, 0.2) is 94.6 Å². The van der Waals surface area contributed by atoms with Gasteiger partial charge < -0.3 is 10.3 Å². The fourth-order valence-corrected chi connectivity index (χ4v) is 3.47. The predicted molar refractivity (Wildman–Crippen MR) is 123 cm³/mol. The van der Waals surface area contributed by atoms with Gasteiger partial charge in [0.25, 0.3) is 0 Å². The number of aryl methyl sites for hydroxylation is 1. The number of rotatable bonds is 3. The van der Waals surface area contributed by atoms with E-state index in [2.05, 4.69) is 17.2 Å². The van der Waals surface area contributed by atoms with E-state index in [4.69, 9.17) is 22.5 Å². The van der Waals surface area contributed by atoms with Gasteiger partial charge in [-0.15, -0.1) is 5.56 Å². The Balaban J connectivity index is 0.000000401. The molecule has 4 aromatic rings. The van der Waals surface area contributed by atoms with Crippen molar-refractivity contribution in [1.82, 2.24) is 10.2 Å². The summed E-state index contributed by atoms with van der Waals surface area (Å²) in [6.45, 7) is 2.05. The van der Waals surface area contributed by atoms with Gasteiger partial charge in [-0.3, -0.25) is 0 Å². The van der Waals surface area contributed by atoms with Gasteiger partial charge in [0.1, 0.15) is 11.7 Å². The first-order valence-electron chi connectivity index (χ1n) is 9.70. The average Bonchev–Trinajstić information content (AvgIpc) is 3.56. The van der Waals surface area contributed by atoms with E-state index in [1.54, 1.807) is 5.01 Å². The van der Waals surface area contributed by atoms with Gasteiger partial charge in [0.05, 0.1) is 0 Å². The van der Waals surface area contributed by atoms with Crippen molar-refractivity contribution >= 4 is 23.0 Å². The maximum atomic E-state index is 5.87. The molecule has 1 unspecified atom stereocenters. The van der Waals surface area contributed by atoms with Crippen LogP contribution >= 0.6 is 12.2 Å². The number of hydrogen-bond donors (Lipinski definition) is 1. The molecular formula is C24H22FeN4OS. The van der Waals surface area contributed by atoms with Crippen molar-refractivity contribution in [2.24, 2.45) is 10.8 Å². The molecule has 5 nitrogen and oxygen atoms in total. The molecule has 5 rings (SSSR count). The Bertz CT molecular complexity index is 1100. The molecule has 0 saturated carbocycles. The minimum Gasteiger partial charge on any atom is -0.375 e. The Labute approximate surface area is 197 Å². The summed E-state index contributed by atoms with van der Waals surface area (Å²) in [5.74, 6) is 0.722. The molecule has 0 bridgehead atoms. The van der Waals surface area contributed by atoms with Gasteiger partial charge in [-0.25, -0.2) is 29.3 Å². The van der Waals surface area contributed by atoms with Crippen molar-refractivity contribution in [2.45, 2.75) is 19.4 Å². The third-order valence-corrected chi connectivity index (χ3v) is 5.08. The summed E-state index contributed by atoms with van der Waals surface area (Å²) >= 11 is 5.17. The van der Waals surface area contributed by atoms with Gasteiger partial charge in [0.2, 0.25) is 0 Å². The fourth-order valence-electron chi connectivity index (χ4n) is 3.31. The van der Waals surface area contributed by atoms with E-state index in [9.17, 15) is 0 Å². The largest absolute Gasteiger partial charge is 2.00 e. The topological polar surface area (TPSA) is 67.7 Å². The first-order chi connectivity index (χ1) is 14.6. The van der Waals surface area contributed by atoms with Crippen LogP contribution in [0.2, 0.25) is 0 Å². The maximum absolute atomic E-state index is 5.87. The molecule has 7 heteroatoms. The second-order valence-electron chi connectivity index (χ2n) is 7.07. The second kappa shape index (κ2) is 10.4. The molecule has 1 aliphatic heterocycles. The summed E-state index contributed by atoms with van der Waals surface area (Å²) in [4.78, 5) is 0. The molecule has 0 saturated heterocycles. The van der Waals surface area contributed by atoms with Gasteiger partial charge in [-0.1, -0.05) is 35.0 Å². The number of thiocarbonyl (C=S) groups is 1. The molecule has 158 valence electrons. The fraction of sp³-hybridized carbons (Fsp3) is 0.125. The van der Waals surface area contributed by atoms with Crippen molar-refractivity contribution < 1.29 is 21.6 Å². The van der Waals surface area contributed by atoms with Crippen molar-refractivity contribution in [3.63, 3.8) is 0 Å². The minimum absolute atomic E-state index is 0. The van der Waals surface area contributed by atoms with E-state index in [0.717, 1.165) is 28.3 Å². The van der Waals surface area contributed by atoms with Gasteiger partial charge in [-0.05, 0) is 19.1 Å². The number of nitrogens with zero attached hydrogens (tertiary/aromatic N) is 3. The SMILES string of the molecule is Cc1ccc(-c2cc(C3CC([c-]4cccc4)=NN3C(N)=S)no2)cc1.[Fe+2].c1cc[cH-]c1. The van der Waals surface area contributed by atoms with Crippen molar-refractivity contribution in [1.29, 1.82) is 0 Å². The van der Waals surface area contributed by atoms with Crippen LogP contribution in [0.1, 0.15) is 29.3 Å². The van der Waals surface area contributed by atoms with Crippen LogP contribution in [-0.2, 0) is 17.1 Å². The van der Waals surface area contributed by atoms with E-state index in [0.29, 0.717) is 6.42 Å². The maximum Gasteiger partial charge on any atom is 2.00 e. The zero-order chi connectivity index (χ0) is 20.9. The predicted octanol–water partition coefficient (Wildman–Crippen LogP) is 5.17. The van der Waals surface area contributed by atoms with Crippen molar-refractivity contribution in [2.75, 3.05) is 0 Å². The van der Waals surface area contributed by atoms with Crippen LogP contribution in [0, 0.1) is 6.92 Å². The average molecular weight is 470 g/mol. The third kappa shape index (κ3) is 5.39. The van der Waals surface area contributed by atoms with Gasteiger partial charge in [-0.2, -0.15) is 35.4 Å². The number of nitrogens with two attached hydrogens (primary N) is 1. The van der Waals surface area contributed by atoms with Crippen LogP contribution in [-0.4, -0.2) is 21.0 Å². The number of benzene rings is 1. The van der Waals surface area contributed by atoms with E-state index in [1.807, 2.05) is 84.9 Å².